The fourth-order valence-electron chi connectivity index (χ4n) is 1.92. The zero-order valence-electron chi connectivity index (χ0n) is 12.2. The third-order valence-corrected chi connectivity index (χ3v) is 2.88. The first kappa shape index (κ1) is 15.4. The average molecular weight is 290 g/mol. The van der Waals surface area contributed by atoms with E-state index < -0.39 is 0 Å². The van der Waals surface area contributed by atoms with Crippen LogP contribution in [0.15, 0.2) is 36.5 Å². The number of hydrogen-bond acceptors (Lipinski definition) is 4. The molecular formula is C16H19FN2O2. The molecule has 21 heavy (non-hydrogen) atoms. The second-order valence-electron chi connectivity index (χ2n) is 4.58. The Morgan fingerprint density at radius 1 is 1.29 bits per heavy atom. The molecule has 0 aliphatic rings. The highest BCUT2D eigenvalue weighted by atomic mass is 19.1. The average Bonchev–Trinajstić information content (AvgIpc) is 2.48. The van der Waals surface area contributed by atoms with Gasteiger partial charge in [-0.1, -0.05) is 19.1 Å². The molecule has 2 rings (SSSR count). The van der Waals surface area contributed by atoms with E-state index in [4.69, 9.17) is 9.47 Å². The summed E-state index contributed by atoms with van der Waals surface area (Å²) in [6, 6.07) is 8.99. The summed E-state index contributed by atoms with van der Waals surface area (Å²) in [6.45, 7) is 3.80. The van der Waals surface area contributed by atoms with Crippen molar-refractivity contribution in [2.24, 2.45) is 0 Å². The Labute approximate surface area is 123 Å². The van der Waals surface area contributed by atoms with E-state index in [2.05, 4.69) is 10.3 Å². The predicted octanol–water partition coefficient (Wildman–Crippen LogP) is 3.27. The highest BCUT2D eigenvalue weighted by molar-refractivity contribution is 5.34. The van der Waals surface area contributed by atoms with Crippen LogP contribution in [0.1, 0.15) is 18.1 Å². The molecule has 1 N–H and O–H groups in total. The first-order valence-electron chi connectivity index (χ1n) is 6.83. The largest absolute Gasteiger partial charge is 0.439 e. The smallest absolute Gasteiger partial charge is 0.223 e. The SMILES string of the molecule is CCNCc1cc(F)cnc1Oc1cccc(COC)c1. The van der Waals surface area contributed by atoms with Gasteiger partial charge in [0.05, 0.1) is 12.8 Å². The van der Waals surface area contributed by atoms with Crippen molar-refractivity contribution in [2.45, 2.75) is 20.1 Å². The number of aromatic nitrogens is 1. The summed E-state index contributed by atoms with van der Waals surface area (Å²) < 4.78 is 24.2. The molecular weight excluding hydrogens is 271 g/mol. The van der Waals surface area contributed by atoms with Gasteiger partial charge in [0.2, 0.25) is 5.88 Å². The summed E-state index contributed by atoms with van der Waals surface area (Å²) in [5, 5.41) is 3.14. The summed E-state index contributed by atoms with van der Waals surface area (Å²) >= 11 is 0. The van der Waals surface area contributed by atoms with Gasteiger partial charge >= 0.3 is 0 Å². The maximum atomic E-state index is 13.3. The molecule has 5 heteroatoms. The van der Waals surface area contributed by atoms with E-state index in [-0.39, 0.29) is 5.82 Å². The normalized spacial score (nSPS) is 10.6. The molecule has 0 atom stereocenters. The minimum absolute atomic E-state index is 0.372. The lowest BCUT2D eigenvalue weighted by atomic mass is 10.2. The quantitative estimate of drug-likeness (QED) is 0.850. The minimum atomic E-state index is -0.372. The molecule has 1 heterocycles. The zero-order valence-corrected chi connectivity index (χ0v) is 12.2. The second-order valence-corrected chi connectivity index (χ2v) is 4.58. The minimum Gasteiger partial charge on any atom is -0.439 e. The summed E-state index contributed by atoms with van der Waals surface area (Å²) in [5.41, 5.74) is 1.69. The lowest BCUT2D eigenvalue weighted by Crippen LogP contribution is -2.13. The van der Waals surface area contributed by atoms with Gasteiger partial charge in [0.1, 0.15) is 11.6 Å². The van der Waals surface area contributed by atoms with Gasteiger partial charge < -0.3 is 14.8 Å². The number of nitrogens with zero attached hydrogens (tertiary/aromatic N) is 1. The Balaban J connectivity index is 2.20. The highest BCUT2D eigenvalue weighted by Crippen LogP contribution is 2.24. The number of benzene rings is 1. The summed E-state index contributed by atoms with van der Waals surface area (Å²) in [6.07, 6.45) is 1.16. The molecule has 0 saturated heterocycles. The van der Waals surface area contributed by atoms with Gasteiger partial charge in [-0.3, -0.25) is 0 Å². The molecule has 0 radical (unpaired) electrons. The Kier molecular flexibility index (Phi) is 5.66. The topological polar surface area (TPSA) is 43.4 Å². The van der Waals surface area contributed by atoms with Crippen LogP contribution in [0, 0.1) is 5.82 Å². The van der Waals surface area contributed by atoms with E-state index in [1.807, 2.05) is 31.2 Å². The Morgan fingerprint density at radius 3 is 2.90 bits per heavy atom. The lowest BCUT2D eigenvalue weighted by molar-refractivity contribution is 0.184. The molecule has 2 aromatic rings. The zero-order chi connectivity index (χ0) is 15.1. The van der Waals surface area contributed by atoms with Crippen LogP contribution < -0.4 is 10.1 Å². The van der Waals surface area contributed by atoms with E-state index in [1.54, 1.807) is 7.11 Å². The van der Waals surface area contributed by atoms with Crippen LogP contribution in [-0.2, 0) is 17.9 Å². The van der Waals surface area contributed by atoms with E-state index >= 15 is 0 Å². The van der Waals surface area contributed by atoms with Crippen molar-refractivity contribution in [1.29, 1.82) is 0 Å². The number of halogens is 1. The first-order chi connectivity index (χ1) is 10.2. The molecule has 0 aliphatic carbocycles. The summed E-state index contributed by atoms with van der Waals surface area (Å²) in [7, 11) is 1.64. The molecule has 4 nitrogen and oxygen atoms in total. The van der Waals surface area contributed by atoms with Crippen LogP contribution in [0.4, 0.5) is 4.39 Å². The first-order valence-corrected chi connectivity index (χ1v) is 6.83. The molecule has 0 fully saturated rings. The van der Waals surface area contributed by atoms with Gasteiger partial charge in [0.15, 0.2) is 0 Å². The van der Waals surface area contributed by atoms with Crippen LogP contribution in [0.3, 0.4) is 0 Å². The van der Waals surface area contributed by atoms with E-state index in [0.717, 1.165) is 18.3 Å². The standard InChI is InChI=1S/C16H19FN2O2/c1-3-18-9-13-8-14(17)10-19-16(13)21-15-6-4-5-12(7-15)11-20-2/h4-8,10,18H,3,9,11H2,1-2H3. The van der Waals surface area contributed by atoms with Gasteiger partial charge in [-0.15, -0.1) is 0 Å². The molecule has 0 aliphatic heterocycles. The van der Waals surface area contributed by atoms with Crippen molar-refractivity contribution < 1.29 is 13.9 Å². The molecule has 0 unspecified atom stereocenters. The summed E-state index contributed by atoms with van der Waals surface area (Å²) in [4.78, 5) is 4.03. The van der Waals surface area contributed by atoms with E-state index in [1.165, 1.54) is 6.07 Å². The monoisotopic (exact) mass is 290 g/mol. The van der Waals surface area contributed by atoms with Crippen LogP contribution in [-0.4, -0.2) is 18.6 Å². The van der Waals surface area contributed by atoms with Crippen molar-refractivity contribution in [2.75, 3.05) is 13.7 Å². The Bertz CT molecular complexity index is 590. The predicted molar refractivity (Wildman–Crippen MR) is 78.8 cm³/mol. The Hall–Kier alpha value is -1.98. The molecule has 112 valence electrons. The maximum Gasteiger partial charge on any atom is 0.223 e. The van der Waals surface area contributed by atoms with Crippen molar-refractivity contribution in [3.63, 3.8) is 0 Å². The van der Waals surface area contributed by atoms with Gasteiger partial charge in [-0.2, -0.15) is 0 Å². The van der Waals surface area contributed by atoms with Crippen molar-refractivity contribution in [3.8, 4) is 11.6 Å². The fraction of sp³-hybridized carbons (Fsp3) is 0.312. The van der Waals surface area contributed by atoms with Gasteiger partial charge in [-0.05, 0) is 30.3 Å². The van der Waals surface area contributed by atoms with E-state index in [0.29, 0.717) is 30.3 Å². The molecule has 1 aromatic heterocycles. The lowest BCUT2D eigenvalue weighted by Gasteiger charge is -2.11. The second kappa shape index (κ2) is 7.71. The third-order valence-electron chi connectivity index (χ3n) is 2.88. The fourth-order valence-corrected chi connectivity index (χ4v) is 1.92. The molecule has 0 saturated carbocycles. The van der Waals surface area contributed by atoms with Crippen molar-refractivity contribution in [3.05, 3.63) is 53.5 Å². The van der Waals surface area contributed by atoms with Crippen LogP contribution >= 0.6 is 0 Å². The number of methoxy groups -OCH3 is 1. The number of ether oxygens (including phenoxy) is 2. The molecule has 1 aromatic carbocycles. The Morgan fingerprint density at radius 2 is 2.14 bits per heavy atom. The van der Waals surface area contributed by atoms with Crippen molar-refractivity contribution in [1.82, 2.24) is 10.3 Å². The van der Waals surface area contributed by atoms with Crippen LogP contribution in [0.5, 0.6) is 11.6 Å². The number of nitrogens with one attached hydrogen (secondary N) is 1. The molecule has 0 amide bonds. The van der Waals surface area contributed by atoms with Crippen LogP contribution in [0.2, 0.25) is 0 Å². The van der Waals surface area contributed by atoms with Gasteiger partial charge in [0.25, 0.3) is 0 Å². The highest BCUT2D eigenvalue weighted by Gasteiger charge is 2.08. The summed E-state index contributed by atoms with van der Waals surface area (Å²) in [5.74, 6) is 0.691. The van der Waals surface area contributed by atoms with Gasteiger partial charge in [0, 0.05) is 19.2 Å². The number of pyridine rings is 1. The van der Waals surface area contributed by atoms with E-state index in [9.17, 15) is 4.39 Å². The maximum absolute atomic E-state index is 13.3. The number of hydrogen-bond donors (Lipinski definition) is 1. The third kappa shape index (κ3) is 4.51. The van der Waals surface area contributed by atoms with Crippen LogP contribution in [0.25, 0.3) is 0 Å². The molecule has 0 bridgehead atoms. The van der Waals surface area contributed by atoms with Crippen molar-refractivity contribution >= 4 is 0 Å². The number of rotatable bonds is 7. The molecule has 0 spiro atoms. The van der Waals surface area contributed by atoms with Gasteiger partial charge in [-0.25, -0.2) is 9.37 Å².